The van der Waals surface area contributed by atoms with Crippen molar-refractivity contribution in [2.75, 3.05) is 24.5 Å². The van der Waals surface area contributed by atoms with Gasteiger partial charge in [-0.3, -0.25) is 14.5 Å². The number of fused-ring (bicyclic) bond motifs is 1. The van der Waals surface area contributed by atoms with E-state index in [0.29, 0.717) is 35.5 Å². The molecule has 202 valence electrons. The molecule has 8 heteroatoms. The number of hydrogen-bond donors (Lipinski definition) is 2. The fourth-order valence-electron chi connectivity index (χ4n) is 5.79. The Morgan fingerprint density at radius 1 is 0.897 bits per heavy atom. The summed E-state index contributed by atoms with van der Waals surface area (Å²) >= 11 is 0. The molecule has 3 aliphatic heterocycles. The summed E-state index contributed by atoms with van der Waals surface area (Å²) in [6.45, 7) is 4.15. The fourth-order valence-corrected chi connectivity index (χ4v) is 5.79. The quantitative estimate of drug-likeness (QED) is 0.469. The number of hydrogen-bond acceptors (Lipinski definition) is 7. The van der Waals surface area contributed by atoms with E-state index in [0.717, 1.165) is 24.1 Å². The number of amides is 2. The van der Waals surface area contributed by atoms with Gasteiger partial charge in [0.1, 0.15) is 0 Å². The lowest BCUT2D eigenvalue weighted by molar-refractivity contribution is -0.276. The van der Waals surface area contributed by atoms with Crippen LogP contribution in [0.1, 0.15) is 63.1 Å². The van der Waals surface area contributed by atoms with Gasteiger partial charge in [-0.05, 0) is 41.8 Å². The molecule has 0 unspecified atom stereocenters. The lowest BCUT2D eigenvalue weighted by atomic mass is 9.90. The first kappa shape index (κ1) is 25.9. The zero-order valence-electron chi connectivity index (χ0n) is 21.8. The van der Waals surface area contributed by atoms with Crippen LogP contribution in [-0.2, 0) is 16.1 Å². The summed E-state index contributed by atoms with van der Waals surface area (Å²) in [6, 6.07) is 21.8. The summed E-state index contributed by atoms with van der Waals surface area (Å²) in [5.41, 5.74) is 3.77. The predicted octanol–water partition coefficient (Wildman–Crippen LogP) is 3.84. The number of benzene rings is 3. The van der Waals surface area contributed by atoms with Crippen molar-refractivity contribution in [3.63, 3.8) is 0 Å². The summed E-state index contributed by atoms with van der Waals surface area (Å²) in [5, 5.41) is 19.5. The van der Waals surface area contributed by atoms with Gasteiger partial charge in [0.25, 0.3) is 11.8 Å². The molecule has 8 nitrogen and oxygen atoms in total. The van der Waals surface area contributed by atoms with Crippen LogP contribution in [0.15, 0.2) is 72.8 Å². The number of nitrogens with zero attached hydrogens (tertiary/aromatic N) is 2. The predicted molar refractivity (Wildman–Crippen MR) is 144 cm³/mol. The van der Waals surface area contributed by atoms with E-state index >= 15 is 0 Å². The van der Waals surface area contributed by atoms with E-state index in [9.17, 15) is 19.8 Å². The Bertz CT molecular complexity index is 1340. The first-order chi connectivity index (χ1) is 18.9. The molecule has 0 saturated carbocycles. The van der Waals surface area contributed by atoms with Gasteiger partial charge in [-0.2, -0.15) is 0 Å². The van der Waals surface area contributed by atoms with E-state index in [1.807, 2.05) is 30.3 Å². The van der Waals surface area contributed by atoms with Crippen LogP contribution < -0.4 is 4.90 Å². The smallest absolute Gasteiger partial charge is 0.266 e. The van der Waals surface area contributed by atoms with Gasteiger partial charge in [0.05, 0.1) is 41.7 Å². The molecule has 3 aromatic rings. The van der Waals surface area contributed by atoms with Crippen molar-refractivity contribution < 1.29 is 29.3 Å². The molecule has 2 fully saturated rings. The molecule has 0 spiro atoms. The second kappa shape index (κ2) is 10.6. The molecule has 6 rings (SSSR count). The molecule has 2 saturated heterocycles. The number of carbonyl (C=O) groups is 2. The van der Waals surface area contributed by atoms with Crippen LogP contribution in [0, 0.1) is 5.92 Å². The van der Waals surface area contributed by atoms with Crippen LogP contribution in [0.3, 0.4) is 0 Å². The number of ether oxygens (including phenoxy) is 2. The Morgan fingerprint density at radius 3 is 2.26 bits per heavy atom. The summed E-state index contributed by atoms with van der Waals surface area (Å²) in [5.74, 6) is -0.684. The molecule has 0 aromatic heterocycles. The van der Waals surface area contributed by atoms with Crippen LogP contribution in [0.4, 0.5) is 5.69 Å². The van der Waals surface area contributed by atoms with Gasteiger partial charge in [0, 0.05) is 31.1 Å². The van der Waals surface area contributed by atoms with Crippen molar-refractivity contribution >= 4 is 17.5 Å². The molecular weight excluding hydrogens is 496 g/mol. The highest BCUT2D eigenvalue weighted by Crippen LogP contribution is 2.43. The Labute approximate surface area is 227 Å². The highest BCUT2D eigenvalue weighted by atomic mass is 16.7. The molecule has 3 heterocycles. The standard InChI is InChI=1S/C31H32N2O6/c1-19-27(17-32-14-13-24(35)16-32)38-31(39-28(19)21-11-9-20(18-34)10-12-21)22-5-4-6-23(15-22)33-29(36)25-7-2-3-8-26(25)30(33)37/h2-12,15,19,24,27-28,31,34-35H,13-14,16-18H2,1H3/t19-,24-,27+,28+,31+/m0/s1. The van der Waals surface area contributed by atoms with Gasteiger partial charge in [-0.1, -0.05) is 55.5 Å². The van der Waals surface area contributed by atoms with Gasteiger partial charge in [-0.25, -0.2) is 4.90 Å². The summed E-state index contributed by atoms with van der Waals surface area (Å²) in [6.07, 6.45) is -0.767. The first-order valence-corrected chi connectivity index (χ1v) is 13.4. The zero-order chi connectivity index (χ0) is 27.1. The molecule has 3 aromatic carbocycles. The fraction of sp³-hybridized carbons (Fsp3) is 0.355. The lowest BCUT2D eigenvalue weighted by Crippen LogP contribution is -2.44. The SMILES string of the molecule is C[C@H]1[C@@H](CN2CC[C@H](O)C2)O[C@@H](c2cccc(N3C(=O)c4ccccc4C3=O)c2)O[C@H]1c1ccc(CO)cc1. The van der Waals surface area contributed by atoms with E-state index in [1.165, 1.54) is 4.90 Å². The third-order valence-corrected chi connectivity index (χ3v) is 8.00. The normalized spacial score (nSPS) is 27.3. The number of likely N-dealkylation sites (tertiary alicyclic amines) is 1. The third-order valence-electron chi connectivity index (χ3n) is 8.00. The second-order valence-corrected chi connectivity index (χ2v) is 10.6. The van der Waals surface area contributed by atoms with E-state index < -0.39 is 6.29 Å². The lowest BCUT2D eigenvalue weighted by Gasteiger charge is -2.42. The topological polar surface area (TPSA) is 99.5 Å². The van der Waals surface area contributed by atoms with E-state index in [4.69, 9.17) is 9.47 Å². The number of anilines is 1. The summed E-state index contributed by atoms with van der Waals surface area (Å²) < 4.78 is 13.1. The van der Waals surface area contributed by atoms with Gasteiger partial charge < -0.3 is 19.7 Å². The minimum Gasteiger partial charge on any atom is -0.392 e. The maximum Gasteiger partial charge on any atom is 0.266 e. The Kier molecular flexibility index (Phi) is 7.05. The Morgan fingerprint density at radius 2 is 1.62 bits per heavy atom. The van der Waals surface area contributed by atoms with Crippen molar-refractivity contribution in [1.29, 1.82) is 0 Å². The molecule has 2 amide bonds. The van der Waals surface area contributed by atoms with Crippen molar-refractivity contribution in [1.82, 2.24) is 4.90 Å². The van der Waals surface area contributed by atoms with Gasteiger partial charge in [-0.15, -0.1) is 0 Å². The van der Waals surface area contributed by atoms with E-state index in [-0.39, 0.29) is 42.7 Å². The molecule has 39 heavy (non-hydrogen) atoms. The number of β-amino-alcohol motifs (C(OH)–C–C–N with tert-alkyl or cyclic N) is 1. The van der Waals surface area contributed by atoms with Crippen LogP contribution >= 0.6 is 0 Å². The van der Waals surface area contributed by atoms with Crippen LogP contribution in [0.2, 0.25) is 0 Å². The maximum atomic E-state index is 13.1. The van der Waals surface area contributed by atoms with Gasteiger partial charge in [0.15, 0.2) is 6.29 Å². The third kappa shape index (κ3) is 4.90. The maximum absolute atomic E-state index is 13.1. The van der Waals surface area contributed by atoms with Crippen molar-refractivity contribution in [2.24, 2.45) is 5.92 Å². The Hall–Kier alpha value is -3.40. The molecule has 0 aliphatic carbocycles. The highest BCUT2D eigenvalue weighted by Gasteiger charge is 2.41. The Balaban J connectivity index is 1.30. The summed E-state index contributed by atoms with van der Waals surface area (Å²) in [4.78, 5) is 29.6. The average Bonchev–Trinajstić information content (AvgIpc) is 3.49. The first-order valence-electron chi connectivity index (χ1n) is 13.4. The van der Waals surface area contributed by atoms with E-state index in [1.54, 1.807) is 42.5 Å². The van der Waals surface area contributed by atoms with Crippen molar-refractivity contribution in [3.8, 4) is 0 Å². The molecular formula is C31H32N2O6. The van der Waals surface area contributed by atoms with E-state index in [2.05, 4.69) is 11.8 Å². The number of imide groups is 1. The molecule has 5 atom stereocenters. The number of carbonyl (C=O) groups excluding carboxylic acids is 2. The van der Waals surface area contributed by atoms with Crippen molar-refractivity contribution in [3.05, 3.63) is 101 Å². The monoisotopic (exact) mass is 528 g/mol. The molecule has 0 radical (unpaired) electrons. The largest absolute Gasteiger partial charge is 0.392 e. The number of aliphatic hydroxyl groups is 2. The minimum absolute atomic E-state index is 0.0124. The molecule has 3 aliphatic rings. The van der Waals surface area contributed by atoms with Crippen LogP contribution in [0.5, 0.6) is 0 Å². The van der Waals surface area contributed by atoms with Gasteiger partial charge in [0.2, 0.25) is 0 Å². The second-order valence-electron chi connectivity index (χ2n) is 10.6. The number of rotatable bonds is 6. The number of aliphatic hydroxyl groups excluding tert-OH is 2. The average molecular weight is 529 g/mol. The highest BCUT2D eigenvalue weighted by molar-refractivity contribution is 6.34. The molecule has 0 bridgehead atoms. The van der Waals surface area contributed by atoms with Crippen molar-refractivity contribution in [2.45, 2.75) is 44.6 Å². The van der Waals surface area contributed by atoms with Crippen LogP contribution in [0.25, 0.3) is 0 Å². The van der Waals surface area contributed by atoms with Gasteiger partial charge >= 0.3 is 0 Å². The zero-order valence-corrected chi connectivity index (χ0v) is 21.8. The summed E-state index contributed by atoms with van der Waals surface area (Å²) in [7, 11) is 0. The van der Waals surface area contributed by atoms with Crippen LogP contribution in [-0.4, -0.2) is 58.8 Å². The molecule has 2 N–H and O–H groups in total. The minimum atomic E-state index is -0.726.